The summed E-state index contributed by atoms with van der Waals surface area (Å²) in [5.41, 5.74) is 0. The number of aliphatic carboxylic acids is 1. The molecule has 1 aliphatic rings. The molecule has 19 heavy (non-hydrogen) atoms. The van der Waals surface area contributed by atoms with Gasteiger partial charge in [0.15, 0.2) is 0 Å². The minimum atomic E-state index is -4.48. The Morgan fingerprint density at radius 1 is 1.42 bits per heavy atom. The molecule has 1 unspecified atom stereocenters. The Kier molecular flexibility index (Phi) is 5.02. The third-order valence-corrected chi connectivity index (χ3v) is 2.77. The molecule has 110 valence electrons. The first-order chi connectivity index (χ1) is 8.74. The Morgan fingerprint density at radius 2 is 2.00 bits per heavy atom. The molecule has 0 aromatic rings. The van der Waals surface area contributed by atoms with Gasteiger partial charge in [0.25, 0.3) is 0 Å². The Hall–Kier alpha value is -1.47. The van der Waals surface area contributed by atoms with Gasteiger partial charge in [0.1, 0.15) is 12.6 Å². The molecule has 0 heterocycles. The van der Waals surface area contributed by atoms with Gasteiger partial charge in [0.05, 0.1) is 0 Å². The van der Waals surface area contributed by atoms with Crippen LogP contribution in [0.25, 0.3) is 0 Å². The number of carbonyl (C=O) groups excluding carboxylic acids is 1. The van der Waals surface area contributed by atoms with Crippen molar-refractivity contribution in [2.75, 3.05) is 6.54 Å². The second-order valence-electron chi connectivity index (χ2n) is 4.60. The standard InChI is InChI=1S/C11H17F3N2O3/c1-2-3-8(9(17)18)15-10(19)16(7-4-5-7)6-11(12,13)14/h7-8H,2-6H2,1H3,(H,15,19)(H,17,18). The normalized spacial score (nSPS) is 16.8. The lowest BCUT2D eigenvalue weighted by Gasteiger charge is -2.25. The van der Waals surface area contributed by atoms with Gasteiger partial charge in [-0.2, -0.15) is 13.2 Å². The average molecular weight is 282 g/mol. The van der Waals surface area contributed by atoms with Crippen LogP contribution in [-0.4, -0.2) is 46.8 Å². The van der Waals surface area contributed by atoms with E-state index in [1.165, 1.54) is 0 Å². The van der Waals surface area contributed by atoms with Gasteiger partial charge in [-0.3, -0.25) is 0 Å². The molecule has 0 radical (unpaired) electrons. The summed E-state index contributed by atoms with van der Waals surface area (Å²) >= 11 is 0. The number of carbonyl (C=O) groups is 2. The molecular weight excluding hydrogens is 265 g/mol. The lowest BCUT2D eigenvalue weighted by atomic mass is 10.2. The number of nitrogens with zero attached hydrogens (tertiary/aromatic N) is 1. The molecule has 0 bridgehead atoms. The van der Waals surface area contributed by atoms with E-state index in [1.807, 2.05) is 0 Å². The number of nitrogens with one attached hydrogen (secondary N) is 1. The zero-order valence-corrected chi connectivity index (χ0v) is 10.5. The van der Waals surface area contributed by atoms with Gasteiger partial charge in [-0.25, -0.2) is 9.59 Å². The number of amides is 2. The molecule has 2 N–H and O–H groups in total. The molecule has 1 aliphatic carbocycles. The predicted octanol–water partition coefficient (Wildman–Crippen LogP) is 1.98. The van der Waals surface area contributed by atoms with Crippen molar-refractivity contribution in [3.63, 3.8) is 0 Å². The zero-order chi connectivity index (χ0) is 14.6. The number of carboxylic acid groups (broad SMARTS) is 1. The summed E-state index contributed by atoms with van der Waals surface area (Å²) in [7, 11) is 0. The van der Waals surface area contributed by atoms with Crippen LogP contribution < -0.4 is 5.32 Å². The smallest absolute Gasteiger partial charge is 0.406 e. The number of carboxylic acids is 1. The van der Waals surface area contributed by atoms with Crippen molar-refractivity contribution in [1.29, 1.82) is 0 Å². The lowest BCUT2D eigenvalue weighted by Crippen LogP contribution is -2.51. The highest BCUT2D eigenvalue weighted by atomic mass is 19.4. The van der Waals surface area contributed by atoms with Gasteiger partial charge in [-0.1, -0.05) is 13.3 Å². The molecular formula is C11H17F3N2O3. The van der Waals surface area contributed by atoms with Crippen LogP contribution in [0.3, 0.4) is 0 Å². The lowest BCUT2D eigenvalue weighted by molar-refractivity contribution is -0.141. The molecule has 1 fully saturated rings. The third kappa shape index (κ3) is 5.35. The van der Waals surface area contributed by atoms with Crippen LogP contribution in [0.15, 0.2) is 0 Å². The van der Waals surface area contributed by atoms with E-state index < -0.39 is 36.8 Å². The fourth-order valence-corrected chi connectivity index (χ4v) is 1.72. The van der Waals surface area contributed by atoms with Crippen molar-refractivity contribution >= 4 is 12.0 Å². The summed E-state index contributed by atoms with van der Waals surface area (Å²) in [4.78, 5) is 23.3. The molecule has 0 aromatic heterocycles. The van der Waals surface area contributed by atoms with Crippen LogP contribution in [0.4, 0.5) is 18.0 Å². The van der Waals surface area contributed by atoms with Crippen LogP contribution in [0.2, 0.25) is 0 Å². The Bertz CT molecular complexity index is 343. The maximum absolute atomic E-state index is 12.4. The first-order valence-corrected chi connectivity index (χ1v) is 6.11. The molecule has 0 aromatic carbocycles. The van der Waals surface area contributed by atoms with Crippen LogP contribution in [-0.2, 0) is 4.79 Å². The quantitative estimate of drug-likeness (QED) is 0.782. The van der Waals surface area contributed by atoms with E-state index in [4.69, 9.17) is 5.11 Å². The van der Waals surface area contributed by atoms with Gasteiger partial charge in [-0.05, 0) is 19.3 Å². The molecule has 0 saturated heterocycles. The first-order valence-electron chi connectivity index (χ1n) is 6.11. The van der Waals surface area contributed by atoms with Gasteiger partial charge in [0, 0.05) is 6.04 Å². The minimum Gasteiger partial charge on any atom is -0.480 e. The van der Waals surface area contributed by atoms with Gasteiger partial charge < -0.3 is 15.3 Å². The van der Waals surface area contributed by atoms with Gasteiger partial charge >= 0.3 is 18.2 Å². The van der Waals surface area contributed by atoms with E-state index in [1.54, 1.807) is 6.92 Å². The van der Waals surface area contributed by atoms with Crippen molar-refractivity contribution in [3.05, 3.63) is 0 Å². The summed E-state index contributed by atoms with van der Waals surface area (Å²) < 4.78 is 37.1. The highest BCUT2D eigenvalue weighted by molar-refractivity contribution is 5.82. The van der Waals surface area contributed by atoms with E-state index >= 15 is 0 Å². The van der Waals surface area contributed by atoms with E-state index in [2.05, 4.69) is 5.32 Å². The molecule has 0 aliphatic heterocycles. The second kappa shape index (κ2) is 6.12. The van der Waals surface area contributed by atoms with E-state index in [0.717, 1.165) is 0 Å². The molecule has 1 atom stereocenters. The molecule has 1 saturated carbocycles. The summed E-state index contributed by atoms with van der Waals surface area (Å²) in [5.74, 6) is -1.24. The number of urea groups is 1. The SMILES string of the molecule is CCCC(NC(=O)N(CC(F)(F)F)C1CC1)C(=O)O. The van der Waals surface area contributed by atoms with Crippen molar-refractivity contribution in [2.24, 2.45) is 0 Å². The van der Waals surface area contributed by atoms with Crippen LogP contribution >= 0.6 is 0 Å². The Balaban J connectivity index is 2.63. The summed E-state index contributed by atoms with van der Waals surface area (Å²) in [5, 5.41) is 11.0. The summed E-state index contributed by atoms with van der Waals surface area (Å²) in [6, 6.07) is -2.54. The number of hydrogen-bond acceptors (Lipinski definition) is 2. The average Bonchev–Trinajstić information content (AvgIpc) is 3.07. The first kappa shape index (κ1) is 15.6. The van der Waals surface area contributed by atoms with Crippen molar-refractivity contribution in [2.45, 2.75) is 50.9 Å². The largest absolute Gasteiger partial charge is 0.480 e. The maximum atomic E-state index is 12.4. The van der Waals surface area contributed by atoms with Crippen molar-refractivity contribution < 1.29 is 27.9 Å². The fourth-order valence-electron chi connectivity index (χ4n) is 1.72. The topological polar surface area (TPSA) is 69.6 Å². The third-order valence-electron chi connectivity index (χ3n) is 2.77. The number of hydrogen-bond donors (Lipinski definition) is 2. The molecule has 5 nitrogen and oxygen atoms in total. The zero-order valence-electron chi connectivity index (χ0n) is 10.5. The predicted molar refractivity (Wildman–Crippen MR) is 60.6 cm³/mol. The highest BCUT2D eigenvalue weighted by Crippen LogP contribution is 2.30. The number of alkyl halides is 3. The minimum absolute atomic E-state index is 0.186. The molecule has 8 heteroatoms. The highest BCUT2D eigenvalue weighted by Gasteiger charge is 2.41. The molecule has 2 amide bonds. The van der Waals surface area contributed by atoms with Gasteiger partial charge in [-0.15, -0.1) is 0 Å². The van der Waals surface area contributed by atoms with Crippen molar-refractivity contribution in [3.8, 4) is 0 Å². The van der Waals surface area contributed by atoms with E-state index in [0.29, 0.717) is 24.2 Å². The second-order valence-corrected chi connectivity index (χ2v) is 4.60. The van der Waals surface area contributed by atoms with Crippen molar-refractivity contribution in [1.82, 2.24) is 10.2 Å². The van der Waals surface area contributed by atoms with Crippen LogP contribution in [0.5, 0.6) is 0 Å². The van der Waals surface area contributed by atoms with E-state index in [9.17, 15) is 22.8 Å². The van der Waals surface area contributed by atoms with Gasteiger partial charge in [0.2, 0.25) is 0 Å². The summed E-state index contributed by atoms with van der Waals surface area (Å²) in [6.07, 6.45) is -2.74. The Labute approximate surface area is 108 Å². The Morgan fingerprint density at radius 3 is 2.37 bits per heavy atom. The summed E-state index contributed by atoms with van der Waals surface area (Å²) in [6.45, 7) is 0.387. The monoisotopic (exact) mass is 282 g/mol. The molecule has 0 spiro atoms. The maximum Gasteiger partial charge on any atom is 0.406 e. The van der Waals surface area contributed by atoms with Crippen LogP contribution in [0, 0.1) is 0 Å². The molecule has 1 rings (SSSR count). The van der Waals surface area contributed by atoms with E-state index in [-0.39, 0.29) is 6.42 Å². The number of halogens is 3. The van der Waals surface area contributed by atoms with Crippen LogP contribution in [0.1, 0.15) is 32.6 Å². The fraction of sp³-hybridized carbons (Fsp3) is 0.818. The number of rotatable bonds is 6.